The number of hydrogen-bond acceptors (Lipinski definition) is 4. The van der Waals surface area contributed by atoms with Gasteiger partial charge in [0, 0.05) is 34.8 Å². The number of fused-ring (bicyclic) bond motifs is 1. The zero-order chi connectivity index (χ0) is 27.4. The molecule has 5 aromatic rings. The van der Waals surface area contributed by atoms with Gasteiger partial charge in [0.15, 0.2) is 0 Å². The minimum atomic E-state index is -1.28. The summed E-state index contributed by atoms with van der Waals surface area (Å²) in [5.74, 6) is 0.0317. The standard InChI is InChI=1S/C34H33ClN2O2/c1-37(2)21-20-34(38,31-15-9-13-25-10-7-8-14-29(25)31)32(26-11-5-4-6-12-26)30-22-27(23-36-33(30)39-3)24-16-18-28(35)19-17-24/h4-19,22-23,32,38H,20-21H2,1-3H3. The van der Waals surface area contributed by atoms with Gasteiger partial charge in [-0.1, -0.05) is 96.5 Å². The molecule has 0 saturated heterocycles. The van der Waals surface area contributed by atoms with Gasteiger partial charge < -0.3 is 14.7 Å². The second-order valence-corrected chi connectivity index (χ2v) is 10.6. The monoisotopic (exact) mass is 536 g/mol. The van der Waals surface area contributed by atoms with E-state index in [0.29, 0.717) is 23.9 Å². The van der Waals surface area contributed by atoms with E-state index in [4.69, 9.17) is 21.3 Å². The van der Waals surface area contributed by atoms with Gasteiger partial charge >= 0.3 is 0 Å². The van der Waals surface area contributed by atoms with Crippen molar-refractivity contribution in [2.24, 2.45) is 0 Å². The number of hydrogen-bond donors (Lipinski definition) is 1. The maximum absolute atomic E-state index is 13.1. The van der Waals surface area contributed by atoms with Crippen LogP contribution in [0.3, 0.4) is 0 Å². The Morgan fingerprint density at radius 3 is 2.28 bits per heavy atom. The summed E-state index contributed by atoms with van der Waals surface area (Å²) in [5, 5.41) is 15.9. The summed E-state index contributed by atoms with van der Waals surface area (Å²) in [7, 11) is 5.70. The Kier molecular flexibility index (Phi) is 7.99. The van der Waals surface area contributed by atoms with Gasteiger partial charge in [-0.05, 0) is 66.2 Å². The Balaban J connectivity index is 1.80. The van der Waals surface area contributed by atoms with E-state index in [-0.39, 0.29) is 0 Å². The van der Waals surface area contributed by atoms with Crippen LogP contribution in [0, 0.1) is 0 Å². The Bertz CT molecular complexity index is 1550. The molecule has 1 aromatic heterocycles. The summed E-state index contributed by atoms with van der Waals surface area (Å²) in [6, 6.07) is 34.4. The number of halogens is 1. The van der Waals surface area contributed by atoms with Crippen molar-refractivity contribution in [2.75, 3.05) is 27.7 Å². The third kappa shape index (κ3) is 5.55. The zero-order valence-electron chi connectivity index (χ0n) is 22.5. The molecular weight excluding hydrogens is 504 g/mol. The first-order valence-electron chi connectivity index (χ1n) is 13.1. The molecule has 0 aliphatic carbocycles. The molecule has 5 rings (SSSR count). The number of nitrogens with zero attached hydrogens (tertiary/aromatic N) is 2. The molecule has 0 radical (unpaired) electrons. The van der Waals surface area contributed by atoms with E-state index < -0.39 is 11.5 Å². The van der Waals surface area contributed by atoms with Crippen molar-refractivity contribution in [1.29, 1.82) is 0 Å². The number of methoxy groups -OCH3 is 1. The van der Waals surface area contributed by atoms with E-state index in [1.165, 1.54) is 0 Å². The van der Waals surface area contributed by atoms with Gasteiger partial charge in [-0.15, -0.1) is 0 Å². The number of aliphatic hydroxyl groups is 1. The minimum absolute atomic E-state index is 0.459. The maximum Gasteiger partial charge on any atom is 0.217 e. The fourth-order valence-corrected chi connectivity index (χ4v) is 5.56. The lowest BCUT2D eigenvalue weighted by Crippen LogP contribution is -2.38. The smallest absolute Gasteiger partial charge is 0.217 e. The van der Waals surface area contributed by atoms with E-state index in [1.807, 2.05) is 81.0 Å². The van der Waals surface area contributed by atoms with Crippen molar-refractivity contribution < 1.29 is 9.84 Å². The van der Waals surface area contributed by atoms with Gasteiger partial charge in [-0.25, -0.2) is 4.98 Å². The van der Waals surface area contributed by atoms with Crippen molar-refractivity contribution in [2.45, 2.75) is 17.9 Å². The molecule has 0 saturated carbocycles. The van der Waals surface area contributed by atoms with Crippen LogP contribution in [-0.2, 0) is 5.60 Å². The minimum Gasteiger partial charge on any atom is -0.481 e. The van der Waals surface area contributed by atoms with Gasteiger partial charge in [-0.3, -0.25) is 0 Å². The van der Waals surface area contributed by atoms with E-state index in [9.17, 15) is 5.11 Å². The first kappa shape index (κ1) is 26.9. The predicted molar refractivity (Wildman–Crippen MR) is 161 cm³/mol. The summed E-state index contributed by atoms with van der Waals surface area (Å²) in [6.07, 6.45) is 2.31. The molecule has 1 N–H and O–H groups in total. The number of aromatic nitrogens is 1. The Morgan fingerprint density at radius 1 is 0.872 bits per heavy atom. The van der Waals surface area contributed by atoms with Gasteiger partial charge in [0.25, 0.3) is 0 Å². The molecule has 0 aliphatic heterocycles. The molecule has 1 heterocycles. The average molecular weight is 537 g/mol. The lowest BCUT2D eigenvalue weighted by molar-refractivity contribution is 0.00517. The van der Waals surface area contributed by atoms with Crippen LogP contribution < -0.4 is 4.74 Å². The summed E-state index contributed by atoms with van der Waals surface area (Å²) >= 11 is 6.17. The second kappa shape index (κ2) is 11.6. The van der Waals surface area contributed by atoms with Crippen LogP contribution in [0.5, 0.6) is 5.88 Å². The summed E-state index contributed by atoms with van der Waals surface area (Å²) in [4.78, 5) is 6.84. The van der Waals surface area contributed by atoms with Gasteiger partial charge in [-0.2, -0.15) is 0 Å². The fraction of sp³-hybridized carbons (Fsp3) is 0.206. The van der Waals surface area contributed by atoms with E-state index >= 15 is 0 Å². The largest absolute Gasteiger partial charge is 0.481 e. The molecule has 5 heteroatoms. The highest BCUT2D eigenvalue weighted by Gasteiger charge is 2.43. The molecule has 0 fully saturated rings. The first-order chi connectivity index (χ1) is 18.9. The zero-order valence-corrected chi connectivity index (χ0v) is 23.3. The summed E-state index contributed by atoms with van der Waals surface area (Å²) < 4.78 is 5.85. The van der Waals surface area contributed by atoms with Crippen LogP contribution in [0.15, 0.2) is 109 Å². The predicted octanol–water partition coefficient (Wildman–Crippen LogP) is 7.54. The Hall–Kier alpha value is -3.70. The van der Waals surface area contributed by atoms with Gasteiger partial charge in [0.05, 0.1) is 7.11 Å². The molecule has 4 nitrogen and oxygen atoms in total. The molecule has 2 unspecified atom stereocenters. The summed E-state index contributed by atoms with van der Waals surface area (Å²) in [5.41, 5.74) is 3.33. The van der Waals surface area contributed by atoms with E-state index in [0.717, 1.165) is 38.6 Å². The van der Waals surface area contributed by atoms with Crippen molar-refractivity contribution in [3.05, 3.63) is 131 Å². The SMILES string of the molecule is COc1ncc(-c2ccc(Cl)cc2)cc1C(c1ccccc1)C(O)(CCN(C)C)c1cccc2ccccc12. The second-order valence-electron chi connectivity index (χ2n) is 10.2. The van der Waals surface area contributed by atoms with E-state index in [2.05, 4.69) is 47.4 Å². The van der Waals surface area contributed by atoms with Crippen molar-refractivity contribution in [3.8, 4) is 17.0 Å². The van der Waals surface area contributed by atoms with Crippen molar-refractivity contribution in [1.82, 2.24) is 9.88 Å². The van der Waals surface area contributed by atoms with Crippen molar-refractivity contribution in [3.63, 3.8) is 0 Å². The average Bonchev–Trinajstić information content (AvgIpc) is 2.97. The highest BCUT2D eigenvalue weighted by Crippen LogP contribution is 2.49. The third-order valence-electron chi connectivity index (χ3n) is 7.37. The van der Waals surface area contributed by atoms with Gasteiger partial charge in [0.1, 0.15) is 5.60 Å². The summed E-state index contributed by atoms with van der Waals surface area (Å²) in [6.45, 7) is 0.690. The molecule has 39 heavy (non-hydrogen) atoms. The molecule has 0 bridgehead atoms. The Labute approximate surface area is 235 Å². The highest BCUT2D eigenvalue weighted by molar-refractivity contribution is 6.30. The molecule has 0 amide bonds. The lowest BCUT2D eigenvalue weighted by Gasteiger charge is -2.39. The maximum atomic E-state index is 13.1. The van der Waals surface area contributed by atoms with Crippen LogP contribution in [0.1, 0.15) is 29.0 Å². The molecule has 0 aliphatic rings. The number of ether oxygens (including phenoxy) is 1. The van der Waals surface area contributed by atoms with Crippen molar-refractivity contribution >= 4 is 22.4 Å². The Morgan fingerprint density at radius 2 is 1.56 bits per heavy atom. The normalized spacial score (nSPS) is 13.8. The number of pyridine rings is 1. The first-order valence-corrected chi connectivity index (χ1v) is 13.5. The third-order valence-corrected chi connectivity index (χ3v) is 7.62. The van der Waals surface area contributed by atoms with Crippen LogP contribution in [-0.4, -0.2) is 42.7 Å². The number of benzene rings is 4. The van der Waals surface area contributed by atoms with Crippen LogP contribution in [0.4, 0.5) is 0 Å². The molecule has 0 spiro atoms. The lowest BCUT2D eigenvalue weighted by atomic mass is 9.70. The fourth-order valence-electron chi connectivity index (χ4n) is 5.44. The van der Waals surface area contributed by atoms with Crippen LogP contribution >= 0.6 is 11.6 Å². The molecule has 4 aromatic carbocycles. The van der Waals surface area contributed by atoms with E-state index in [1.54, 1.807) is 7.11 Å². The van der Waals surface area contributed by atoms with Gasteiger partial charge in [0.2, 0.25) is 5.88 Å². The van der Waals surface area contributed by atoms with Crippen LogP contribution in [0.2, 0.25) is 5.02 Å². The highest BCUT2D eigenvalue weighted by atomic mass is 35.5. The topological polar surface area (TPSA) is 45.6 Å². The molecular formula is C34H33ClN2O2. The number of rotatable bonds is 9. The molecule has 198 valence electrons. The van der Waals surface area contributed by atoms with Crippen LogP contribution in [0.25, 0.3) is 21.9 Å². The molecule has 2 atom stereocenters. The quantitative estimate of drug-likeness (QED) is 0.211.